The Morgan fingerprint density at radius 1 is 0.696 bits per heavy atom. The van der Waals surface area contributed by atoms with Crippen molar-refractivity contribution in [2.24, 2.45) is 0 Å². The fourth-order valence-corrected chi connectivity index (χ4v) is 3.22. The number of carbonyl (C=O) groups is 1. The third kappa shape index (κ3) is 3.43. The highest BCUT2D eigenvalue weighted by molar-refractivity contribution is 7.85. The fourth-order valence-electron chi connectivity index (χ4n) is 2.18. The second kappa shape index (κ2) is 6.67. The van der Waals surface area contributed by atoms with E-state index in [4.69, 9.17) is 0 Å². The van der Waals surface area contributed by atoms with Crippen molar-refractivity contribution in [3.05, 3.63) is 95.8 Å². The van der Waals surface area contributed by atoms with Crippen LogP contribution in [-0.4, -0.2) is 9.99 Å². The number of hydrogen-bond donors (Lipinski definition) is 0. The molecule has 3 rings (SSSR count). The summed E-state index contributed by atoms with van der Waals surface area (Å²) in [5, 5.41) is 0. The van der Waals surface area contributed by atoms with Gasteiger partial charge in [-0.05, 0) is 48.5 Å². The second-order valence-electron chi connectivity index (χ2n) is 4.94. The van der Waals surface area contributed by atoms with Crippen molar-refractivity contribution in [1.29, 1.82) is 0 Å². The first-order chi connectivity index (χ1) is 11.1. The third-order valence-corrected chi connectivity index (χ3v) is 4.79. The zero-order valence-electron chi connectivity index (χ0n) is 12.1. The van der Waals surface area contributed by atoms with Crippen LogP contribution in [0, 0.1) is 5.82 Å². The molecule has 1 unspecified atom stereocenters. The van der Waals surface area contributed by atoms with Gasteiger partial charge in [-0.2, -0.15) is 0 Å². The summed E-state index contributed by atoms with van der Waals surface area (Å²) in [5.74, 6) is -0.445. The van der Waals surface area contributed by atoms with Gasteiger partial charge in [-0.25, -0.2) is 8.60 Å². The van der Waals surface area contributed by atoms with Crippen LogP contribution in [0.5, 0.6) is 0 Å². The zero-order chi connectivity index (χ0) is 16.2. The minimum Gasteiger partial charge on any atom is -0.289 e. The summed E-state index contributed by atoms with van der Waals surface area (Å²) in [6.07, 6.45) is 0. The Balaban J connectivity index is 1.83. The van der Waals surface area contributed by atoms with E-state index in [1.807, 2.05) is 18.2 Å². The highest BCUT2D eigenvalue weighted by Gasteiger charge is 2.11. The number of ketones is 1. The summed E-state index contributed by atoms with van der Waals surface area (Å²) in [6.45, 7) is 0. The van der Waals surface area contributed by atoms with E-state index in [9.17, 15) is 13.4 Å². The van der Waals surface area contributed by atoms with Gasteiger partial charge in [0.1, 0.15) is 5.82 Å². The molecular formula is C19H13FO2S. The van der Waals surface area contributed by atoms with E-state index in [0.29, 0.717) is 20.9 Å². The number of hydrogen-bond acceptors (Lipinski definition) is 2. The zero-order valence-corrected chi connectivity index (χ0v) is 12.9. The molecule has 0 aliphatic heterocycles. The fraction of sp³-hybridized carbons (Fsp3) is 0. The molecule has 4 heteroatoms. The van der Waals surface area contributed by atoms with Gasteiger partial charge < -0.3 is 0 Å². The minimum atomic E-state index is -1.40. The molecule has 0 radical (unpaired) electrons. The SMILES string of the molecule is O=C(c1ccccc1)c1ccc(S(=O)c2ccc(F)cc2)cc1. The largest absolute Gasteiger partial charge is 0.289 e. The quantitative estimate of drug-likeness (QED) is 0.673. The van der Waals surface area contributed by atoms with Crippen LogP contribution >= 0.6 is 0 Å². The van der Waals surface area contributed by atoms with Crippen molar-refractivity contribution in [2.45, 2.75) is 9.79 Å². The van der Waals surface area contributed by atoms with E-state index in [-0.39, 0.29) is 11.6 Å². The van der Waals surface area contributed by atoms with E-state index in [2.05, 4.69) is 0 Å². The Bertz CT molecular complexity index is 841. The van der Waals surface area contributed by atoms with Gasteiger partial charge in [0.25, 0.3) is 0 Å². The number of rotatable bonds is 4. The van der Waals surface area contributed by atoms with Gasteiger partial charge >= 0.3 is 0 Å². The Labute approximate surface area is 136 Å². The second-order valence-corrected chi connectivity index (χ2v) is 6.42. The van der Waals surface area contributed by atoms with E-state index < -0.39 is 10.8 Å². The molecule has 0 saturated carbocycles. The molecule has 0 aliphatic carbocycles. The molecule has 2 nitrogen and oxygen atoms in total. The molecule has 1 atom stereocenters. The summed E-state index contributed by atoms with van der Waals surface area (Å²) >= 11 is 0. The first kappa shape index (κ1) is 15.3. The molecule has 0 aromatic heterocycles. The average molecular weight is 324 g/mol. The first-order valence-corrected chi connectivity index (χ1v) is 8.17. The third-order valence-electron chi connectivity index (χ3n) is 3.39. The first-order valence-electron chi connectivity index (χ1n) is 7.02. The smallest absolute Gasteiger partial charge is 0.193 e. The molecule has 0 amide bonds. The van der Waals surface area contributed by atoms with E-state index in [1.165, 1.54) is 24.3 Å². The number of benzene rings is 3. The van der Waals surface area contributed by atoms with Crippen LogP contribution in [0.25, 0.3) is 0 Å². The predicted molar refractivity (Wildman–Crippen MR) is 87.4 cm³/mol. The highest BCUT2D eigenvalue weighted by Crippen LogP contribution is 2.18. The molecule has 114 valence electrons. The molecular weight excluding hydrogens is 311 g/mol. The number of carbonyl (C=O) groups excluding carboxylic acids is 1. The van der Waals surface area contributed by atoms with Crippen LogP contribution in [0.2, 0.25) is 0 Å². The summed E-state index contributed by atoms with van der Waals surface area (Å²) in [6, 6.07) is 21.2. The van der Waals surface area contributed by atoms with Gasteiger partial charge in [0.15, 0.2) is 5.78 Å². The summed E-state index contributed by atoms with van der Waals surface area (Å²) in [4.78, 5) is 13.4. The molecule has 0 heterocycles. The van der Waals surface area contributed by atoms with Gasteiger partial charge in [-0.15, -0.1) is 0 Å². The van der Waals surface area contributed by atoms with Crippen LogP contribution in [0.15, 0.2) is 88.7 Å². The lowest BCUT2D eigenvalue weighted by Crippen LogP contribution is -2.01. The van der Waals surface area contributed by atoms with Gasteiger partial charge in [-0.1, -0.05) is 30.3 Å². The van der Waals surface area contributed by atoms with Gasteiger partial charge in [0, 0.05) is 20.9 Å². The van der Waals surface area contributed by atoms with Crippen molar-refractivity contribution in [1.82, 2.24) is 0 Å². The maximum absolute atomic E-state index is 12.9. The Morgan fingerprint density at radius 3 is 1.74 bits per heavy atom. The monoisotopic (exact) mass is 324 g/mol. The van der Waals surface area contributed by atoms with Crippen molar-refractivity contribution in [3.63, 3.8) is 0 Å². The van der Waals surface area contributed by atoms with E-state index >= 15 is 0 Å². The van der Waals surface area contributed by atoms with Crippen LogP contribution in [0.3, 0.4) is 0 Å². The molecule has 0 bridgehead atoms. The molecule has 0 spiro atoms. The molecule has 23 heavy (non-hydrogen) atoms. The van der Waals surface area contributed by atoms with Crippen molar-refractivity contribution in [2.75, 3.05) is 0 Å². The van der Waals surface area contributed by atoms with Crippen LogP contribution in [0.4, 0.5) is 4.39 Å². The maximum atomic E-state index is 12.9. The van der Waals surface area contributed by atoms with E-state index in [1.54, 1.807) is 36.4 Å². The van der Waals surface area contributed by atoms with Crippen LogP contribution in [-0.2, 0) is 10.8 Å². The maximum Gasteiger partial charge on any atom is 0.193 e. The lowest BCUT2D eigenvalue weighted by Gasteiger charge is -2.05. The summed E-state index contributed by atoms with van der Waals surface area (Å²) < 4.78 is 25.3. The van der Waals surface area contributed by atoms with Crippen molar-refractivity contribution in [3.8, 4) is 0 Å². The molecule has 0 fully saturated rings. The number of halogens is 1. The molecule has 0 saturated heterocycles. The molecule has 3 aromatic rings. The van der Waals surface area contributed by atoms with Crippen LogP contribution < -0.4 is 0 Å². The van der Waals surface area contributed by atoms with Crippen molar-refractivity contribution < 1.29 is 13.4 Å². The van der Waals surface area contributed by atoms with Crippen molar-refractivity contribution >= 4 is 16.6 Å². The van der Waals surface area contributed by atoms with Crippen LogP contribution in [0.1, 0.15) is 15.9 Å². The predicted octanol–water partition coefficient (Wildman–Crippen LogP) is 4.22. The van der Waals surface area contributed by atoms with Gasteiger partial charge in [-0.3, -0.25) is 4.79 Å². The topological polar surface area (TPSA) is 34.1 Å². The minimum absolute atomic E-state index is 0.0790. The van der Waals surface area contributed by atoms with E-state index in [0.717, 1.165) is 0 Å². The molecule has 3 aromatic carbocycles. The Kier molecular flexibility index (Phi) is 4.44. The average Bonchev–Trinajstić information content (AvgIpc) is 2.62. The lowest BCUT2D eigenvalue weighted by atomic mass is 10.0. The lowest BCUT2D eigenvalue weighted by molar-refractivity contribution is 0.103. The van der Waals surface area contributed by atoms with Gasteiger partial charge in [0.05, 0.1) is 10.8 Å². The highest BCUT2D eigenvalue weighted by atomic mass is 32.2. The normalized spacial score (nSPS) is 11.9. The standard InChI is InChI=1S/C19H13FO2S/c20-16-8-12-18(13-9-16)23(22)17-10-6-15(7-11-17)19(21)14-4-2-1-3-5-14/h1-13H. The Morgan fingerprint density at radius 2 is 1.17 bits per heavy atom. The molecule has 0 N–H and O–H groups in total. The molecule has 0 aliphatic rings. The van der Waals surface area contributed by atoms with Gasteiger partial charge in [0.2, 0.25) is 0 Å². The Hall–Kier alpha value is -2.59. The summed E-state index contributed by atoms with van der Waals surface area (Å²) in [7, 11) is -1.40. The summed E-state index contributed by atoms with van der Waals surface area (Å²) in [5.41, 5.74) is 1.15.